The van der Waals surface area contributed by atoms with E-state index in [0.717, 1.165) is 52.8 Å². The second-order valence-electron chi connectivity index (χ2n) is 10.1. The number of likely N-dealkylation sites (N-methyl/N-ethyl adjacent to an activating group) is 1. The zero-order valence-electron chi connectivity index (χ0n) is 23.1. The van der Waals surface area contributed by atoms with Crippen molar-refractivity contribution in [2.24, 2.45) is 5.92 Å². The Bertz CT molecular complexity index is 1650. The van der Waals surface area contributed by atoms with Crippen LogP contribution >= 0.6 is 0 Å². The average Bonchev–Trinajstić information content (AvgIpc) is 2.95. The molecular formula is C28H31F2N3O7S2. The molecule has 0 spiro atoms. The number of fused-ring (bicyclic) bond motifs is 1. The number of halogens is 2. The Morgan fingerprint density at radius 1 is 1.00 bits per heavy atom. The van der Waals surface area contributed by atoms with Crippen molar-refractivity contribution in [3.63, 3.8) is 0 Å². The van der Waals surface area contributed by atoms with E-state index in [9.17, 15) is 35.5 Å². The molecule has 226 valence electrons. The number of aliphatic hydroxyl groups is 1. The minimum Gasteiger partial charge on any atom is -0.486 e. The number of hydrogen-bond acceptors (Lipinski definition) is 7. The van der Waals surface area contributed by atoms with Crippen LogP contribution in [0.25, 0.3) is 0 Å². The standard InChI is InChI=1S/C28H31F2N3O7S2/c1-18-15-33(19(2)17-34)28(35)24-5-4-6-25(31-41(36,37)22-11-7-20(29)8-12-22)27(24)40-26(18)16-32(3)42(38,39)23-13-9-21(30)10-14-23/h4-14,18-19,26,31,34H,15-17H2,1-3H3/t18-,19-,26+/m0/s1. The predicted molar refractivity (Wildman–Crippen MR) is 151 cm³/mol. The number of anilines is 1. The fourth-order valence-corrected chi connectivity index (χ4v) is 6.74. The van der Waals surface area contributed by atoms with Gasteiger partial charge >= 0.3 is 0 Å². The van der Waals surface area contributed by atoms with E-state index in [-0.39, 0.29) is 46.5 Å². The minimum atomic E-state index is -4.25. The Morgan fingerprint density at radius 3 is 2.14 bits per heavy atom. The molecule has 42 heavy (non-hydrogen) atoms. The van der Waals surface area contributed by atoms with E-state index < -0.39 is 55.7 Å². The molecule has 0 radical (unpaired) electrons. The van der Waals surface area contributed by atoms with Crippen molar-refractivity contribution in [1.29, 1.82) is 0 Å². The number of carbonyl (C=O) groups excluding carboxylic acids is 1. The largest absolute Gasteiger partial charge is 0.486 e. The summed E-state index contributed by atoms with van der Waals surface area (Å²) in [4.78, 5) is 14.7. The van der Waals surface area contributed by atoms with Crippen molar-refractivity contribution >= 4 is 31.6 Å². The molecule has 3 aromatic carbocycles. The quantitative estimate of drug-likeness (QED) is 0.374. The first-order valence-corrected chi connectivity index (χ1v) is 15.9. The van der Waals surface area contributed by atoms with E-state index in [1.165, 1.54) is 30.1 Å². The lowest BCUT2D eigenvalue weighted by Gasteiger charge is -2.38. The third-order valence-corrected chi connectivity index (χ3v) is 10.2. The number of rotatable bonds is 9. The normalized spacial score (nSPS) is 18.5. The third kappa shape index (κ3) is 6.56. The number of ether oxygens (including phenoxy) is 1. The maximum absolute atomic E-state index is 13.6. The summed E-state index contributed by atoms with van der Waals surface area (Å²) in [5, 5.41) is 9.86. The topological polar surface area (TPSA) is 133 Å². The lowest BCUT2D eigenvalue weighted by molar-refractivity contribution is 0.0389. The molecule has 2 N–H and O–H groups in total. The van der Waals surface area contributed by atoms with Gasteiger partial charge in [-0.15, -0.1) is 0 Å². The summed E-state index contributed by atoms with van der Waals surface area (Å²) in [6.45, 7) is 2.92. The Hall–Kier alpha value is -3.59. The number of aliphatic hydroxyl groups excluding tert-OH is 1. The van der Waals surface area contributed by atoms with Gasteiger partial charge in [-0.05, 0) is 67.6 Å². The number of sulfonamides is 2. The lowest BCUT2D eigenvalue weighted by atomic mass is 9.99. The molecule has 14 heteroatoms. The van der Waals surface area contributed by atoms with E-state index in [4.69, 9.17) is 4.74 Å². The molecule has 0 bridgehead atoms. The van der Waals surface area contributed by atoms with E-state index in [1.807, 2.05) is 0 Å². The molecule has 0 unspecified atom stereocenters. The van der Waals surface area contributed by atoms with Gasteiger partial charge in [0.2, 0.25) is 10.0 Å². The van der Waals surface area contributed by atoms with Crippen LogP contribution in [0.15, 0.2) is 76.5 Å². The van der Waals surface area contributed by atoms with Crippen LogP contribution in [-0.2, 0) is 20.0 Å². The fraction of sp³-hybridized carbons (Fsp3) is 0.321. The number of hydrogen-bond donors (Lipinski definition) is 2. The van der Waals surface area contributed by atoms with Gasteiger partial charge in [-0.3, -0.25) is 9.52 Å². The molecular weight excluding hydrogens is 592 g/mol. The van der Waals surface area contributed by atoms with Crippen molar-refractivity contribution in [1.82, 2.24) is 9.21 Å². The summed E-state index contributed by atoms with van der Waals surface area (Å²) >= 11 is 0. The first-order chi connectivity index (χ1) is 19.7. The number of para-hydroxylation sites is 1. The number of nitrogens with zero attached hydrogens (tertiary/aromatic N) is 2. The second kappa shape index (κ2) is 12.3. The summed E-state index contributed by atoms with van der Waals surface area (Å²) in [6, 6.07) is 12.2. The highest BCUT2D eigenvalue weighted by Gasteiger charge is 2.36. The predicted octanol–water partition coefficient (Wildman–Crippen LogP) is 3.31. The molecule has 0 aliphatic carbocycles. The molecule has 0 aromatic heterocycles. The number of benzene rings is 3. The van der Waals surface area contributed by atoms with Gasteiger partial charge < -0.3 is 14.7 Å². The SMILES string of the molecule is C[C@H]1CN([C@@H](C)CO)C(=O)c2cccc(NS(=O)(=O)c3ccc(F)cc3)c2O[C@@H]1CN(C)S(=O)(=O)c1ccc(F)cc1. The summed E-state index contributed by atoms with van der Waals surface area (Å²) in [5.74, 6) is -2.37. The van der Waals surface area contributed by atoms with Gasteiger partial charge in [-0.25, -0.2) is 25.6 Å². The molecule has 3 atom stereocenters. The van der Waals surface area contributed by atoms with Crippen molar-refractivity contribution < 1.29 is 40.3 Å². The number of amides is 1. The monoisotopic (exact) mass is 623 g/mol. The summed E-state index contributed by atoms with van der Waals surface area (Å²) < 4.78 is 89.4. The van der Waals surface area contributed by atoms with Gasteiger partial charge in [0.1, 0.15) is 17.7 Å². The minimum absolute atomic E-state index is 0.00412. The van der Waals surface area contributed by atoms with Crippen LogP contribution in [0, 0.1) is 17.6 Å². The number of nitrogens with one attached hydrogen (secondary N) is 1. The maximum atomic E-state index is 13.6. The Balaban J connectivity index is 1.76. The van der Waals surface area contributed by atoms with Gasteiger partial charge in [0.25, 0.3) is 15.9 Å². The summed E-state index contributed by atoms with van der Waals surface area (Å²) in [5.41, 5.74) is -0.0968. The highest BCUT2D eigenvalue weighted by Crippen LogP contribution is 2.36. The zero-order valence-corrected chi connectivity index (χ0v) is 24.7. The Labute approximate surface area is 243 Å². The molecule has 0 saturated heterocycles. The van der Waals surface area contributed by atoms with Crippen LogP contribution in [-0.4, -0.2) is 75.9 Å². The van der Waals surface area contributed by atoms with Crippen molar-refractivity contribution in [2.45, 2.75) is 35.8 Å². The van der Waals surface area contributed by atoms with Crippen molar-refractivity contribution in [2.75, 3.05) is 31.5 Å². The molecule has 0 fully saturated rings. The van der Waals surface area contributed by atoms with Crippen LogP contribution in [0.4, 0.5) is 14.5 Å². The summed E-state index contributed by atoms with van der Waals surface area (Å²) in [6.07, 6.45) is -0.901. The first kappa shape index (κ1) is 31.3. The molecule has 4 rings (SSSR count). The summed E-state index contributed by atoms with van der Waals surface area (Å²) in [7, 11) is -7.00. The Morgan fingerprint density at radius 2 is 1.57 bits per heavy atom. The van der Waals surface area contributed by atoms with Crippen molar-refractivity contribution in [3.8, 4) is 5.75 Å². The van der Waals surface area contributed by atoms with E-state index in [0.29, 0.717) is 0 Å². The van der Waals surface area contributed by atoms with Crippen LogP contribution in [0.1, 0.15) is 24.2 Å². The molecule has 1 heterocycles. The van der Waals surface area contributed by atoms with Crippen molar-refractivity contribution in [3.05, 3.63) is 83.9 Å². The zero-order chi connectivity index (χ0) is 30.8. The number of carbonyl (C=O) groups is 1. The molecule has 1 amide bonds. The highest BCUT2D eigenvalue weighted by atomic mass is 32.2. The van der Waals surface area contributed by atoms with Gasteiger partial charge in [-0.2, -0.15) is 4.31 Å². The second-order valence-corrected chi connectivity index (χ2v) is 13.8. The van der Waals surface area contributed by atoms with Gasteiger partial charge in [-0.1, -0.05) is 13.0 Å². The van der Waals surface area contributed by atoms with Gasteiger partial charge in [0.05, 0.1) is 40.2 Å². The van der Waals surface area contributed by atoms with Gasteiger partial charge in [0.15, 0.2) is 5.75 Å². The molecule has 1 aliphatic heterocycles. The van der Waals surface area contributed by atoms with E-state index in [2.05, 4.69) is 4.72 Å². The van der Waals surface area contributed by atoms with Crippen LogP contribution in [0.2, 0.25) is 0 Å². The molecule has 0 saturated carbocycles. The molecule has 3 aromatic rings. The van der Waals surface area contributed by atoms with E-state index in [1.54, 1.807) is 13.8 Å². The lowest BCUT2D eigenvalue weighted by Crippen LogP contribution is -2.50. The third-order valence-electron chi connectivity index (χ3n) is 7.02. The van der Waals surface area contributed by atoms with Crippen LogP contribution in [0.5, 0.6) is 5.75 Å². The molecule has 1 aliphatic rings. The maximum Gasteiger partial charge on any atom is 0.262 e. The average molecular weight is 624 g/mol. The van der Waals surface area contributed by atoms with Gasteiger partial charge in [0, 0.05) is 19.5 Å². The first-order valence-electron chi connectivity index (χ1n) is 13.0. The highest BCUT2D eigenvalue weighted by molar-refractivity contribution is 7.92. The smallest absolute Gasteiger partial charge is 0.262 e. The Kier molecular flexibility index (Phi) is 9.21. The van der Waals surface area contributed by atoms with E-state index >= 15 is 0 Å². The molecule has 10 nitrogen and oxygen atoms in total. The van der Waals surface area contributed by atoms with Crippen LogP contribution in [0.3, 0.4) is 0 Å². The fourth-order valence-electron chi connectivity index (χ4n) is 4.50. The van der Waals surface area contributed by atoms with Crippen LogP contribution < -0.4 is 9.46 Å².